The van der Waals surface area contributed by atoms with Crippen LogP contribution in [0.3, 0.4) is 0 Å². The van der Waals surface area contributed by atoms with Gasteiger partial charge in [-0.25, -0.2) is 0 Å². The average Bonchev–Trinajstić information content (AvgIpc) is 2.04. The molecule has 4 nitrogen and oxygen atoms in total. The lowest BCUT2D eigenvalue weighted by Gasteiger charge is -2.20. The van der Waals surface area contributed by atoms with Crippen LogP contribution in [0.4, 0.5) is 4.79 Å². The third-order valence-corrected chi connectivity index (χ3v) is 6.10. The summed E-state index contributed by atoms with van der Waals surface area (Å²) in [4.78, 5) is 12.9. The van der Waals surface area contributed by atoms with Crippen molar-refractivity contribution in [2.45, 2.75) is 13.8 Å². The fourth-order valence-electron chi connectivity index (χ4n) is 0.583. The van der Waals surface area contributed by atoms with Crippen molar-refractivity contribution in [3.63, 3.8) is 0 Å². The summed E-state index contributed by atoms with van der Waals surface area (Å²) in [5.74, 6) is 0. The van der Waals surface area contributed by atoms with Gasteiger partial charge in [-0.15, -0.1) is 0 Å². The lowest BCUT2D eigenvalue weighted by molar-refractivity contribution is 0.241. The highest BCUT2D eigenvalue weighted by Crippen LogP contribution is 2.61. The SMILES string of the molecule is CCOP(=S)(OCC)SC(=O)N(C)C. The summed E-state index contributed by atoms with van der Waals surface area (Å²) in [5.41, 5.74) is -2.47. The van der Waals surface area contributed by atoms with Gasteiger partial charge in [0.05, 0.1) is 13.2 Å². The Morgan fingerprint density at radius 3 is 2.07 bits per heavy atom. The van der Waals surface area contributed by atoms with Gasteiger partial charge < -0.3 is 13.9 Å². The molecule has 0 rings (SSSR count). The monoisotopic (exact) mass is 257 g/mol. The predicted octanol–water partition coefficient (Wildman–Crippen LogP) is 2.70. The molecular formula is C7H16NO3PS2. The van der Waals surface area contributed by atoms with Gasteiger partial charge >= 0.3 is 0 Å². The minimum atomic E-state index is -2.47. The predicted molar refractivity (Wildman–Crippen MR) is 64.2 cm³/mol. The Kier molecular flexibility index (Phi) is 6.99. The number of hydrogen-bond acceptors (Lipinski definition) is 5. The molecule has 0 N–H and O–H groups in total. The van der Waals surface area contributed by atoms with Crippen molar-refractivity contribution in [2.75, 3.05) is 27.3 Å². The highest BCUT2D eigenvalue weighted by molar-refractivity contribution is 8.73. The molecule has 0 aliphatic rings. The van der Waals surface area contributed by atoms with Gasteiger partial charge in [0, 0.05) is 25.5 Å². The first-order chi connectivity index (χ1) is 6.45. The van der Waals surface area contributed by atoms with Crippen molar-refractivity contribution in [3.05, 3.63) is 0 Å². The first kappa shape index (κ1) is 14.4. The Morgan fingerprint density at radius 1 is 1.36 bits per heavy atom. The number of carbonyl (C=O) groups excluding carboxylic acids is 1. The summed E-state index contributed by atoms with van der Waals surface area (Å²) < 4.78 is 10.6. The summed E-state index contributed by atoms with van der Waals surface area (Å²) in [5, 5.41) is -0.129. The lowest BCUT2D eigenvalue weighted by Crippen LogP contribution is -2.16. The zero-order valence-corrected chi connectivity index (χ0v) is 11.4. The van der Waals surface area contributed by atoms with Crippen LogP contribution in [0.25, 0.3) is 0 Å². The Labute approximate surface area is 94.2 Å². The second kappa shape index (κ2) is 6.80. The zero-order chi connectivity index (χ0) is 11.2. The Morgan fingerprint density at radius 2 is 1.79 bits per heavy atom. The van der Waals surface area contributed by atoms with Crippen LogP contribution in [-0.4, -0.2) is 37.4 Å². The van der Waals surface area contributed by atoms with Gasteiger partial charge in [0.15, 0.2) is 0 Å². The van der Waals surface area contributed by atoms with Crippen molar-refractivity contribution in [2.24, 2.45) is 0 Å². The Balaban J connectivity index is 4.36. The van der Waals surface area contributed by atoms with Crippen molar-refractivity contribution in [1.29, 1.82) is 0 Å². The quantitative estimate of drug-likeness (QED) is 0.708. The van der Waals surface area contributed by atoms with Crippen molar-refractivity contribution >= 4 is 34.1 Å². The van der Waals surface area contributed by atoms with Crippen LogP contribution in [0.1, 0.15) is 13.8 Å². The van der Waals surface area contributed by atoms with E-state index in [-0.39, 0.29) is 5.24 Å². The van der Waals surface area contributed by atoms with Crippen LogP contribution in [0, 0.1) is 0 Å². The molecule has 84 valence electrons. The summed E-state index contributed by atoms with van der Waals surface area (Å²) >= 11 is 6.15. The van der Waals surface area contributed by atoms with Crippen LogP contribution in [0.15, 0.2) is 0 Å². The van der Waals surface area contributed by atoms with E-state index in [0.29, 0.717) is 13.2 Å². The normalized spacial score (nSPS) is 11.4. The lowest BCUT2D eigenvalue weighted by atomic mass is 10.9. The van der Waals surface area contributed by atoms with Crippen molar-refractivity contribution in [1.82, 2.24) is 4.90 Å². The number of amides is 1. The van der Waals surface area contributed by atoms with E-state index in [1.54, 1.807) is 14.1 Å². The van der Waals surface area contributed by atoms with Crippen LogP contribution in [0.5, 0.6) is 0 Å². The van der Waals surface area contributed by atoms with Crippen molar-refractivity contribution < 1.29 is 13.8 Å². The van der Waals surface area contributed by atoms with Crippen LogP contribution >= 0.6 is 17.1 Å². The first-order valence-electron chi connectivity index (χ1n) is 4.25. The average molecular weight is 257 g/mol. The second-order valence-electron chi connectivity index (χ2n) is 2.53. The minimum Gasteiger partial charge on any atom is -0.339 e. The van der Waals surface area contributed by atoms with E-state index in [2.05, 4.69) is 0 Å². The molecule has 0 fully saturated rings. The Hall–Kier alpha value is 0.390. The molecule has 0 heterocycles. The molecule has 0 saturated heterocycles. The number of rotatable bonds is 5. The van der Waals surface area contributed by atoms with E-state index in [1.807, 2.05) is 13.8 Å². The summed E-state index contributed by atoms with van der Waals surface area (Å²) in [6.45, 7) is 4.59. The zero-order valence-electron chi connectivity index (χ0n) is 8.85. The molecule has 14 heavy (non-hydrogen) atoms. The van der Waals surface area contributed by atoms with E-state index in [0.717, 1.165) is 11.4 Å². The van der Waals surface area contributed by atoms with Gasteiger partial charge in [-0.2, -0.15) is 0 Å². The van der Waals surface area contributed by atoms with Gasteiger partial charge in [0.2, 0.25) is 0 Å². The fourth-order valence-corrected chi connectivity index (χ4v) is 4.97. The van der Waals surface area contributed by atoms with Crippen LogP contribution < -0.4 is 0 Å². The molecule has 0 atom stereocenters. The molecule has 0 aliphatic carbocycles. The molecule has 0 aromatic carbocycles. The van der Waals surface area contributed by atoms with E-state index in [9.17, 15) is 4.79 Å². The first-order valence-corrected chi connectivity index (χ1v) is 8.31. The second-order valence-corrected chi connectivity index (χ2v) is 8.60. The van der Waals surface area contributed by atoms with Gasteiger partial charge in [0.25, 0.3) is 10.9 Å². The highest BCUT2D eigenvalue weighted by Gasteiger charge is 2.24. The smallest absolute Gasteiger partial charge is 0.290 e. The van der Waals surface area contributed by atoms with Crippen LogP contribution in [0.2, 0.25) is 0 Å². The molecule has 0 radical (unpaired) electrons. The van der Waals surface area contributed by atoms with E-state index in [4.69, 9.17) is 20.9 Å². The third kappa shape index (κ3) is 5.32. The maximum Gasteiger partial charge on any atom is 0.290 e. The molecule has 1 amide bonds. The number of nitrogens with zero attached hydrogens (tertiary/aromatic N) is 1. The third-order valence-electron chi connectivity index (χ3n) is 1.13. The highest BCUT2D eigenvalue weighted by atomic mass is 32.9. The van der Waals surface area contributed by atoms with Gasteiger partial charge in [-0.3, -0.25) is 4.79 Å². The standard InChI is InChI=1S/C7H16NO3PS2/c1-5-10-12(13,11-6-2)14-7(9)8(3)4/h5-6H2,1-4H3. The summed E-state index contributed by atoms with van der Waals surface area (Å²) in [6, 6.07) is 0. The maximum atomic E-state index is 11.4. The summed E-state index contributed by atoms with van der Waals surface area (Å²) in [7, 11) is 3.35. The summed E-state index contributed by atoms with van der Waals surface area (Å²) in [6.07, 6.45) is 0. The molecule has 0 aromatic rings. The molecule has 0 unspecified atom stereocenters. The van der Waals surface area contributed by atoms with Gasteiger partial charge in [0.1, 0.15) is 0 Å². The molecule has 0 aromatic heterocycles. The number of carbonyl (C=O) groups is 1. The molecule has 7 heteroatoms. The van der Waals surface area contributed by atoms with E-state index in [1.165, 1.54) is 4.90 Å². The maximum absolute atomic E-state index is 11.4. The molecule has 0 spiro atoms. The minimum absolute atomic E-state index is 0.129. The van der Waals surface area contributed by atoms with E-state index < -0.39 is 5.69 Å². The van der Waals surface area contributed by atoms with Gasteiger partial charge in [-0.05, 0) is 25.7 Å². The Bertz CT molecular complexity index is 225. The molecular weight excluding hydrogens is 241 g/mol. The molecule has 0 bridgehead atoms. The van der Waals surface area contributed by atoms with Crippen molar-refractivity contribution in [3.8, 4) is 0 Å². The van der Waals surface area contributed by atoms with Gasteiger partial charge in [-0.1, -0.05) is 0 Å². The largest absolute Gasteiger partial charge is 0.339 e. The fraction of sp³-hybridized carbons (Fsp3) is 0.857. The van der Waals surface area contributed by atoms with E-state index >= 15 is 0 Å². The molecule has 0 aliphatic heterocycles. The molecule has 0 saturated carbocycles. The topological polar surface area (TPSA) is 38.8 Å². The number of hydrogen-bond donors (Lipinski definition) is 0. The van der Waals surface area contributed by atoms with Crippen LogP contribution in [-0.2, 0) is 20.9 Å².